The normalized spacial score (nSPS) is 11.2. The van der Waals surface area contributed by atoms with E-state index in [-0.39, 0.29) is 12.6 Å². The molecule has 10 nitrogen and oxygen atoms in total. The van der Waals surface area contributed by atoms with Gasteiger partial charge in [-0.1, -0.05) is 40.3 Å². The Morgan fingerprint density at radius 1 is 1.15 bits per heavy atom. The first-order chi connectivity index (χ1) is 19.6. The van der Waals surface area contributed by atoms with Crippen molar-refractivity contribution in [2.24, 2.45) is 21.1 Å². The number of esters is 2. The minimum atomic E-state index is -0.489. The van der Waals surface area contributed by atoms with E-state index in [4.69, 9.17) is 26.2 Å². The van der Waals surface area contributed by atoms with Crippen molar-refractivity contribution in [1.82, 2.24) is 24.1 Å². The average Bonchev–Trinajstić information content (AvgIpc) is 3.56. The number of aromatic nitrogens is 5. The summed E-state index contributed by atoms with van der Waals surface area (Å²) in [5.74, 6) is 0.363. The predicted octanol–water partition coefficient (Wildman–Crippen LogP) is 5.49. The van der Waals surface area contributed by atoms with E-state index in [0.29, 0.717) is 63.1 Å². The van der Waals surface area contributed by atoms with Crippen molar-refractivity contribution in [3.8, 4) is 17.2 Å². The van der Waals surface area contributed by atoms with Crippen LogP contribution in [0.4, 0.5) is 0 Å². The maximum Gasteiger partial charge on any atom is 0.354 e. The minimum Gasteiger partial charge on any atom is -0.466 e. The van der Waals surface area contributed by atoms with Gasteiger partial charge in [-0.05, 0) is 30.5 Å². The average molecular weight is 709 g/mol. The van der Waals surface area contributed by atoms with E-state index >= 15 is 0 Å². The zero-order valence-electron chi connectivity index (χ0n) is 23.5. The van der Waals surface area contributed by atoms with E-state index in [2.05, 4.69) is 39.8 Å². The zero-order valence-corrected chi connectivity index (χ0v) is 27.2. The number of thioether (sulfide) groups is 1. The van der Waals surface area contributed by atoms with Crippen molar-refractivity contribution >= 4 is 68.8 Å². The fraction of sp³-hybridized carbons (Fsp3) is 0.393. The number of hydrogen-bond donors (Lipinski definition) is 0. The van der Waals surface area contributed by atoms with Gasteiger partial charge in [0.2, 0.25) is 0 Å². The van der Waals surface area contributed by atoms with Gasteiger partial charge in [0.25, 0.3) is 0 Å². The first kappa shape index (κ1) is 30.9. The van der Waals surface area contributed by atoms with Gasteiger partial charge < -0.3 is 14.0 Å². The van der Waals surface area contributed by atoms with Crippen LogP contribution in [0.25, 0.3) is 22.0 Å². The van der Waals surface area contributed by atoms with Crippen LogP contribution in [0.1, 0.15) is 52.2 Å². The number of aryl methyl sites for hydroxylation is 4. The fourth-order valence-electron chi connectivity index (χ4n) is 5.00. The molecule has 0 atom stereocenters. The molecule has 0 spiro atoms. The molecule has 3 heterocycles. The van der Waals surface area contributed by atoms with Crippen molar-refractivity contribution in [2.75, 3.05) is 13.7 Å². The first-order valence-electron chi connectivity index (χ1n) is 12.8. The highest BCUT2D eigenvalue weighted by Gasteiger charge is 2.28. The standard InChI is InChI=1S/C28H30ClIN6O4S/c1-16(37)40-10-6-7-19-20-8-9-21(29)24(26(20)34(2)27(19)28(38)39-5)25-22(33-36(4)23(25)13-31)15-41-14-17-11-18(12-30)35(3)32-17/h8-9,11H,6-7,10,12,14-15H2,1-5H3. The van der Waals surface area contributed by atoms with Crippen LogP contribution in [0.5, 0.6) is 0 Å². The van der Waals surface area contributed by atoms with E-state index < -0.39 is 5.97 Å². The van der Waals surface area contributed by atoms with Crippen LogP contribution in [-0.4, -0.2) is 49.8 Å². The van der Waals surface area contributed by atoms with Crippen LogP contribution < -0.4 is 0 Å². The third-order valence-corrected chi connectivity index (χ3v) is 8.87. The van der Waals surface area contributed by atoms with Gasteiger partial charge in [-0.2, -0.15) is 15.5 Å². The third-order valence-electron chi connectivity index (χ3n) is 6.79. The van der Waals surface area contributed by atoms with Crippen LogP contribution in [0.3, 0.4) is 0 Å². The summed E-state index contributed by atoms with van der Waals surface area (Å²) in [6.45, 7) is 1.59. The Hall–Kier alpha value is -3.02. The van der Waals surface area contributed by atoms with Gasteiger partial charge in [-0.25, -0.2) is 4.79 Å². The van der Waals surface area contributed by atoms with Crippen molar-refractivity contribution in [1.29, 1.82) is 5.26 Å². The summed E-state index contributed by atoms with van der Waals surface area (Å²) in [5, 5.41) is 20.7. The molecule has 0 fully saturated rings. The van der Waals surface area contributed by atoms with E-state index in [1.807, 2.05) is 17.8 Å². The largest absolute Gasteiger partial charge is 0.466 e. The summed E-state index contributed by atoms with van der Waals surface area (Å²) >= 11 is 10.8. The fourth-order valence-corrected chi connectivity index (χ4v) is 6.81. The van der Waals surface area contributed by atoms with Crippen LogP contribution >= 0.6 is 46.0 Å². The number of hydrogen-bond acceptors (Lipinski definition) is 8. The maximum atomic E-state index is 13.0. The molecule has 216 valence electrons. The Kier molecular flexibility index (Phi) is 10.0. The molecule has 0 radical (unpaired) electrons. The number of fused-ring (bicyclic) bond motifs is 1. The number of methoxy groups -OCH3 is 1. The molecule has 0 aliphatic heterocycles. The van der Waals surface area contributed by atoms with E-state index in [1.54, 1.807) is 41.2 Å². The first-order valence-corrected chi connectivity index (χ1v) is 15.8. The summed E-state index contributed by atoms with van der Waals surface area (Å²) in [6, 6.07) is 8.04. The van der Waals surface area contributed by atoms with Gasteiger partial charge in [0.15, 0.2) is 0 Å². The number of nitrogens with zero attached hydrogens (tertiary/aromatic N) is 6. The van der Waals surface area contributed by atoms with Crippen LogP contribution in [0, 0.1) is 11.3 Å². The monoisotopic (exact) mass is 708 g/mol. The van der Waals surface area contributed by atoms with Crippen molar-refractivity contribution in [2.45, 2.75) is 35.7 Å². The van der Waals surface area contributed by atoms with Crippen molar-refractivity contribution in [3.63, 3.8) is 0 Å². The van der Waals surface area contributed by atoms with Gasteiger partial charge in [0.05, 0.1) is 35.6 Å². The lowest BCUT2D eigenvalue weighted by Crippen LogP contribution is -2.11. The topological polar surface area (TPSA) is 117 Å². The van der Waals surface area contributed by atoms with E-state index in [0.717, 1.165) is 26.8 Å². The number of ether oxygens (including phenoxy) is 2. The van der Waals surface area contributed by atoms with Crippen LogP contribution in [0.2, 0.25) is 5.02 Å². The molecule has 4 aromatic rings. The second-order valence-corrected chi connectivity index (χ2v) is 11.6. The van der Waals surface area contributed by atoms with Crippen LogP contribution in [0.15, 0.2) is 18.2 Å². The highest BCUT2D eigenvalue weighted by atomic mass is 127. The molecule has 1 aromatic carbocycles. The predicted molar refractivity (Wildman–Crippen MR) is 167 cm³/mol. The smallest absolute Gasteiger partial charge is 0.354 e. The Bertz CT molecular complexity index is 1670. The van der Waals surface area contributed by atoms with Gasteiger partial charge in [0.1, 0.15) is 17.5 Å². The summed E-state index contributed by atoms with van der Waals surface area (Å²) in [7, 11) is 6.80. The molecule has 0 saturated carbocycles. The molecule has 0 bridgehead atoms. The Morgan fingerprint density at radius 2 is 1.90 bits per heavy atom. The summed E-state index contributed by atoms with van der Waals surface area (Å²) in [4.78, 5) is 24.2. The van der Waals surface area contributed by atoms with E-state index in [1.165, 1.54) is 14.0 Å². The van der Waals surface area contributed by atoms with Crippen molar-refractivity contribution in [3.05, 3.63) is 57.3 Å². The summed E-state index contributed by atoms with van der Waals surface area (Å²) in [6.07, 6.45) is 0.992. The number of carbonyl (C=O) groups is 2. The van der Waals surface area contributed by atoms with Crippen molar-refractivity contribution < 1.29 is 19.1 Å². The molecule has 4 rings (SSSR count). The lowest BCUT2D eigenvalue weighted by molar-refractivity contribution is -0.141. The molecular formula is C28H30ClIN6O4S. The Labute approximate surface area is 261 Å². The number of carbonyl (C=O) groups excluding carboxylic acids is 2. The molecule has 3 aromatic heterocycles. The Balaban J connectivity index is 1.81. The lowest BCUT2D eigenvalue weighted by Gasteiger charge is -2.11. The van der Waals surface area contributed by atoms with Gasteiger partial charge >= 0.3 is 11.9 Å². The molecule has 0 aliphatic carbocycles. The summed E-state index contributed by atoms with van der Waals surface area (Å²) in [5.41, 5.74) is 6.33. The number of rotatable bonds is 11. The van der Waals surface area contributed by atoms with Gasteiger partial charge in [-0.3, -0.25) is 14.2 Å². The number of alkyl halides is 1. The zero-order chi connectivity index (χ0) is 29.8. The maximum absolute atomic E-state index is 13.0. The Morgan fingerprint density at radius 3 is 2.54 bits per heavy atom. The molecular weight excluding hydrogens is 679 g/mol. The number of benzene rings is 1. The van der Waals surface area contributed by atoms with E-state index in [9.17, 15) is 14.9 Å². The third kappa shape index (κ3) is 6.27. The van der Waals surface area contributed by atoms with Crippen LogP contribution in [-0.2, 0) is 57.8 Å². The van der Waals surface area contributed by atoms with Gasteiger partial charge in [-0.15, -0.1) is 11.8 Å². The highest BCUT2D eigenvalue weighted by Crippen LogP contribution is 2.42. The lowest BCUT2D eigenvalue weighted by atomic mass is 9.98. The SMILES string of the molecule is COC(=O)c1c(CCCOC(C)=O)c2ccc(Cl)c(-c3c(CSCc4cc(CI)n(C)n4)nn(C)c3C#N)c2n1C. The molecule has 0 aliphatic rings. The minimum absolute atomic E-state index is 0.227. The second-order valence-electron chi connectivity index (χ2n) is 9.42. The molecule has 0 saturated heterocycles. The quantitative estimate of drug-likeness (QED) is 0.0870. The van der Waals surface area contributed by atoms with Gasteiger partial charge in [0, 0.05) is 66.2 Å². The second kappa shape index (κ2) is 13.3. The molecule has 0 amide bonds. The molecule has 0 N–H and O–H groups in total. The summed E-state index contributed by atoms with van der Waals surface area (Å²) < 4.78 is 16.4. The number of nitriles is 1. The molecule has 13 heteroatoms. The highest BCUT2D eigenvalue weighted by molar-refractivity contribution is 14.1. The molecule has 41 heavy (non-hydrogen) atoms. The molecule has 0 unspecified atom stereocenters. The number of halogens is 2.